The summed E-state index contributed by atoms with van der Waals surface area (Å²) in [5.41, 5.74) is 4.85. The predicted molar refractivity (Wildman–Crippen MR) is 97.7 cm³/mol. The number of H-pyrrole nitrogens is 2. The van der Waals surface area contributed by atoms with E-state index >= 15 is 0 Å². The zero-order valence-electron chi connectivity index (χ0n) is 14.2. The van der Waals surface area contributed by atoms with Gasteiger partial charge in [0.1, 0.15) is 0 Å². The molecule has 0 aliphatic rings. The average Bonchev–Trinajstić information content (AvgIpc) is 3.24. The summed E-state index contributed by atoms with van der Waals surface area (Å²) in [7, 11) is 0. The van der Waals surface area contributed by atoms with Gasteiger partial charge >= 0.3 is 0 Å². The van der Waals surface area contributed by atoms with Gasteiger partial charge in [-0.3, -0.25) is 10.2 Å². The highest BCUT2D eigenvalue weighted by molar-refractivity contribution is 5.78. The quantitative estimate of drug-likeness (QED) is 0.518. The van der Waals surface area contributed by atoms with Crippen LogP contribution in [-0.2, 0) is 6.42 Å². The second-order valence-corrected chi connectivity index (χ2v) is 5.11. The van der Waals surface area contributed by atoms with Gasteiger partial charge in [0.15, 0.2) is 0 Å². The van der Waals surface area contributed by atoms with Gasteiger partial charge in [-0.15, -0.1) is 0 Å². The second-order valence-electron chi connectivity index (χ2n) is 5.11. The topological polar surface area (TPSA) is 57.4 Å². The molecule has 0 aliphatic carbocycles. The Morgan fingerprint density at radius 3 is 2.26 bits per heavy atom. The lowest BCUT2D eigenvalue weighted by atomic mass is 10.1. The standard InChI is InChI=1S/C9H10N2.C8H8N2.C2H6/c1-2-7-3-4-9-8(5-7)6-10-11-9;1-6-2-3-7-5-9-10-8(7)4-6;1-2/h3-6H,2H2,1H3,(H,10,11);2-5H,1H3,(H,9,10);1-2H3. The average molecular weight is 308 g/mol. The Bertz CT molecular complexity index is 858. The van der Waals surface area contributed by atoms with Crippen LogP contribution >= 0.6 is 0 Å². The van der Waals surface area contributed by atoms with Gasteiger partial charge in [-0.05, 0) is 42.7 Å². The van der Waals surface area contributed by atoms with Crippen molar-refractivity contribution in [3.63, 3.8) is 0 Å². The first-order valence-corrected chi connectivity index (χ1v) is 8.08. The van der Waals surface area contributed by atoms with E-state index in [0.717, 1.165) is 17.5 Å². The van der Waals surface area contributed by atoms with Crippen molar-refractivity contribution in [2.75, 3.05) is 0 Å². The summed E-state index contributed by atoms with van der Waals surface area (Å²) in [4.78, 5) is 0. The molecular formula is C19H24N4. The van der Waals surface area contributed by atoms with E-state index in [4.69, 9.17) is 0 Å². The fraction of sp³-hybridized carbons (Fsp3) is 0.263. The molecule has 120 valence electrons. The molecule has 2 N–H and O–H groups in total. The van der Waals surface area contributed by atoms with E-state index in [1.165, 1.54) is 21.9 Å². The number of hydrogen-bond acceptors (Lipinski definition) is 2. The van der Waals surface area contributed by atoms with Crippen molar-refractivity contribution in [1.29, 1.82) is 0 Å². The maximum atomic E-state index is 3.95. The highest BCUT2D eigenvalue weighted by Gasteiger charge is 1.94. The zero-order chi connectivity index (χ0) is 16.7. The van der Waals surface area contributed by atoms with Crippen LogP contribution in [0.25, 0.3) is 21.8 Å². The van der Waals surface area contributed by atoms with Gasteiger partial charge in [-0.25, -0.2) is 0 Å². The highest BCUT2D eigenvalue weighted by atomic mass is 15.1. The normalized spacial score (nSPS) is 9.91. The summed E-state index contributed by atoms with van der Waals surface area (Å²) < 4.78 is 0. The van der Waals surface area contributed by atoms with Crippen LogP contribution < -0.4 is 0 Å². The molecule has 4 rings (SSSR count). The third-order valence-electron chi connectivity index (χ3n) is 3.51. The molecule has 0 unspecified atom stereocenters. The number of aryl methyl sites for hydroxylation is 2. The molecule has 23 heavy (non-hydrogen) atoms. The summed E-state index contributed by atoms with van der Waals surface area (Å²) in [5, 5.41) is 16.1. The Morgan fingerprint density at radius 2 is 1.52 bits per heavy atom. The number of aromatic amines is 2. The zero-order valence-corrected chi connectivity index (χ0v) is 14.2. The molecule has 2 aromatic heterocycles. The van der Waals surface area contributed by atoms with Gasteiger partial charge in [-0.1, -0.05) is 39.0 Å². The Kier molecular flexibility index (Phi) is 5.92. The monoisotopic (exact) mass is 308 g/mol. The maximum absolute atomic E-state index is 3.95. The van der Waals surface area contributed by atoms with Crippen molar-refractivity contribution in [2.45, 2.75) is 34.1 Å². The summed E-state index contributed by atoms with van der Waals surface area (Å²) >= 11 is 0. The first kappa shape index (κ1) is 16.7. The smallest absolute Gasteiger partial charge is 0.0652 e. The van der Waals surface area contributed by atoms with E-state index in [2.05, 4.69) is 70.6 Å². The fourth-order valence-electron chi connectivity index (χ4n) is 2.26. The molecular weight excluding hydrogens is 284 g/mol. The van der Waals surface area contributed by atoms with Crippen molar-refractivity contribution >= 4 is 21.8 Å². The van der Waals surface area contributed by atoms with Crippen molar-refractivity contribution in [3.8, 4) is 0 Å². The molecule has 0 bridgehead atoms. The number of rotatable bonds is 1. The minimum Gasteiger partial charge on any atom is -0.278 e. The molecule has 2 aromatic carbocycles. The van der Waals surface area contributed by atoms with Crippen LogP contribution in [0.4, 0.5) is 0 Å². The molecule has 4 aromatic rings. The largest absolute Gasteiger partial charge is 0.278 e. The molecule has 0 saturated heterocycles. The van der Waals surface area contributed by atoms with Crippen LogP contribution in [-0.4, -0.2) is 20.4 Å². The van der Waals surface area contributed by atoms with Crippen LogP contribution in [0.3, 0.4) is 0 Å². The van der Waals surface area contributed by atoms with Crippen LogP contribution in [0, 0.1) is 6.92 Å². The van der Waals surface area contributed by atoms with Gasteiger partial charge in [0.25, 0.3) is 0 Å². The van der Waals surface area contributed by atoms with Crippen LogP contribution in [0.1, 0.15) is 31.9 Å². The molecule has 0 saturated carbocycles. The third kappa shape index (κ3) is 4.19. The van der Waals surface area contributed by atoms with E-state index in [1.807, 2.05) is 26.2 Å². The number of nitrogens with one attached hydrogen (secondary N) is 2. The number of nitrogens with zero attached hydrogens (tertiary/aromatic N) is 2. The first-order chi connectivity index (χ1) is 11.3. The highest BCUT2D eigenvalue weighted by Crippen LogP contribution is 2.12. The van der Waals surface area contributed by atoms with E-state index in [9.17, 15) is 0 Å². The summed E-state index contributed by atoms with van der Waals surface area (Å²) in [6, 6.07) is 12.6. The Hall–Kier alpha value is -2.62. The summed E-state index contributed by atoms with van der Waals surface area (Å²) in [6.45, 7) is 8.22. The maximum Gasteiger partial charge on any atom is 0.0652 e. The lowest BCUT2D eigenvalue weighted by Gasteiger charge is -1.93. The molecule has 0 fully saturated rings. The second kappa shape index (κ2) is 8.13. The fourth-order valence-corrected chi connectivity index (χ4v) is 2.26. The Labute approximate surface area is 136 Å². The van der Waals surface area contributed by atoms with E-state index in [0.29, 0.717) is 0 Å². The summed E-state index contributed by atoms with van der Waals surface area (Å²) in [6.07, 6.45) is 4.77. The van der Waals surface area contributed by atoms with E-state index < -0.39 is 0 Å². The Balaban J connectivity index is 0.000000152. The summed E-state index contributed by atoms with van der Waals surface area (Å²) in [5.74, 6) is 0. The van der Waals surface area contributed by atoms with Crippen LogP contribution in [0.5, 0.6) is 0 Å². The first-order valence-electron chi connectivity index (χ1n) is 8.08. The van der Waals surface area contributed by atoms with Crippen LogP contribution in [0.15, 0.2) is 48.8 Å². The lowest BCUT2D eigenvalue weighted by Crippen LogP contribution is -1.77. The molecule has 0 spiro atoms. The molecule has 2 heterocycles. The molecule has 4 nitrogen and oxygen atoms in total. The van der Waals surface area contributed by atoms with Crippen molar-refractivity contribution in [1.82, 2.24) is 20.4 Å². The van der Waals surface area contributed by atoms with Crippen LogP contribution in [0.2, 0.25) is 0 Å². The van der Waals surface area contributed by atoms with E-state index in [1.54, 1.807) is 0 Å². The van der Waals surface area contributed by atoms with Crippen molar-refractivity contribution in [3.05, 3.63) is 59.9 Å². The van der Waals surface area contributed by atoms with Gasteiger partial charge in [0.2, 0.25) is 0 Å². The van der Waals surface area contributed by atoms with Gasteiger partial charge in [0, 0.05) is 10.8 Å². The van der Waals surface area contributed by atoms with Gasteiger partial charge < -0.3 is 0 Å². The van der Waals surface area contributed by atoms with Gasteiger partial charge in [-0.2, -0.15) is 10.2 Å². The number of hydrogen-bond donors (Lipinski definition) is 2. The predicted octanol–water partition coefficient (Wildman–Crippen LogP) is 5.02. The SMILES string of the molecule is CC.CCc1ccc2[nH]ncc2c1.Cc1ccc2cn[nH]c2c1. The van der Waals surface area contributed by atoms with Crippen molar-refractivity contribution < 1.29 is 0 Å². The van der Waals surface area contributed by atoms with Gasteiger partial charge in [0.05, 0.1) is 23.4 Å². The van der Waals surface area contributed by atoms with Crippen molar-refractivity contribution in [2.24, 2.45) is 0 Å². The third-order valence-corrected chi connectivity index (χ3v) is 3.51. The lowest BCUT2D eigenvalue weighted by molar-refractivity contribution is 1.12. The minimum atomic E-state index is 1.08. The molecule has 0 amide bonds. The molecule has 4 heteroatoms. The number of benzene rings is 2. The van der Waals surface area contributed by atoms with E-state index in [-0.39, 0.29) is 0 Å². The minimum absolute atomic E-state index is 1.08. The number of aromatic nitrogens is 4. The molecule has 0 atom stereocenters. The Morgan fingerprint density at radius 1 is 0.826 bits per heavy atom. The molecule has 0 radical (unpaired) electrons. The molecule has 0 aliphatic heterocycles. The number of fused-ring (bicyclic) bond motifs is 2.